The van der Waals surface area contributed by atoms with Crippen LogP contribution in [0.2, 0.25) is 0 Å². The van der Waals surface area contributed by atoms with Crippen LogP contribution in [0.3, 0.4) is 0 Å². The molecule has 0 saturated heterocycles. The van der Waals surface area contributed by atoms with E-state index in [4.69, 9.17) is 4.74 Å². The molecule has 4 nitrogen and oxygen atoms in total. The Morgan fingerprint density at radius 2 is 1.61 bits per heavy atom. The molecular weight excluding hydrogens is 392 g/mol. The van der Waals surface area contributed by atoms with E-state index < -0.39 is 14.4 Å². The number of sulfone groups is 1. The standard InChI is InChI=1S/C22H28O4S2/c1-18-13-15-20(16-14-18)28(24,25)21(27-2)12-8-3-4-9-17-26-22(23)19-10-6-5-7-11-19/h5-7,10-11,13-16,21H,3-4,8-9,12,17H2,1-2H3. The number of thioether (sulfide) groups is 1. The van der Waals surface area contributed by atoms with Crippen molar-refractivity contribution >= 4 is 27.6 Å². The van der Waals surface area contributed by atoms with Crippen molar-refractivity contribution in [3.8, 4) is 0 Å². The maximum absolute atomic E-state index is 12.8. The van der Waals surface area contributed by atoms with E-state index in [1.807, 2.05) is 43.5 Å². The fourth-order valence-corrected chi connectivity index (χ4v) is 5.91. The molecule has 2 rings (SSSR count). The molecule has 28 heavy (non-hydrogen) atoms. The highest BCUT2D eigenvalue weighted by Crippen LogP contribution is 2.27. The molecule has 0 aliphatic rings. The fraction of sp³-hybridized carbons (Fsp3) is 0.409. The van der Waals surface area contributed by atoms with E-state index in [1.54, 1.807) is 24.3 Å². The van der Waals surface area contributed by atoms with Crippen LogP contribution >= 0.6 is 11.8 Å². The molecule has 0 N–H and O–H groups in total. The molecule has 6 heteroatoms. The second-order valence-corrected chi connectivity index (χ2v) is 10.2. The Morgan fingerprint density at radius 1 is 0.964 bits per heavy atom. The molecule has 0 bridgehead atoms. The zero-order valence-electron chi connectivity index (χ0n) is 16.5. The molecule has 0 aliphatic heterocycles. The van der Waals surface area contributed by atoms with Crippen LogP contribution in [0.5, 0.6) is 0 Å². The first-order valence-electron chi connectivity index (χ1n) is 9.50. The quantitative estimate of drug-likeness (QED) is 0.366. The van der Waals surface area contributed by atoms with Crippen molar-refractivity contribution in [1.82, 2.24) is 0 Å². The van der Waals surface area contributed by atoms with Gasteiger partial charge in [0.25, 0.3) is 0 Å². The Labute approximate surface area is 172 Å². The lowest BCUT2D eigenvalue weighted by Gasteiger charge is -2.15. The number of carbonyl (C=O) groups is 1. The Bertz CT molecular complexity index is 831. The summed E-state index contributed by atoms with van der Waals surface area (Å²) in [5.74, 6) is -0.299. The number of esters is 1. The zero-order chi connectivity index (χ0) is 20.4. The minimum Gasteiger partial charge on any atom is -0.462 e. The molecule has 0 aliphatic carbocycles. The van der Waals surface area contributed by atoms with Crippen molar-refractivity contribution in [2.24, 2.45) is 0 Å². The van der Waals surface area contributed by atoms with Gasteiger partial charge in [-0.05, 0) is 50.3 Å². The number of aryl methyl sites for hydroxylation is 1. The van der Waals surface area contributed by atoms with E-state index in [0.29, 0.717) is 23.5 Å². The molecule has 1 unspecified atom stereocenters. The highest BCUT2D eigenvalue weighted by atomic mass is 32.3. The minimum absolute atomic E-state index is 0.299. The molecule has 2 aromatic rings. The van der Waals surface area contributed by atoms with E-state index in [2.05, 4.69) is 0 Å². The Hall–Kier alpha value is -1.79. The average Bonchev–Trinajstić information content (AvgIpc) is 2.70. The second kappa shape index (κ2) is 11.3. The molecule has 0 amide bonds. The SMILES string of the molecule is CSC(CCCCCCOC(=O)c1ccccc1)S(=O)(=O)c1ccc(C)cc1. The lowest BCUT2D eigenvalue weighted by Crippen LogP contribution is -2.18. The van der Waals surface area contributed by atoms with Crippen molar-refractivity contribution in [3.63, 3.8) is 0 Å². The predicted molar refractivity (Wildman–Crippen MR) is 115 cm³/mol. The Balaban J connectivity index is 1.68. The van der Waals surface area contributed by atoms with Crippen LogP contribution in [-0.2, 0) is 14.6 Å². The molecule has 152 valence electrons. The third-order valence-electron chi connectivity index (χ3n) is 4.54. The van der Waals surface area contributed by atoms with Gasteiger partial charge in [0.05, 0.1) is 17.1 Å². The van der Waals surface area contributed by atoms with Gasteiger partial charge in [-0.2, -0.15) is 0 Å². The first kappa shape index (κ1) is 22.5. The number of carbonyl (C=O) groups excluding carboxylic acids is 1. The fourth-order valence-electron chi connectivity index (χ4n) is 2.87. The summed E-state index contributed by atoms with van der Waals surface area (Å²) in [7, 11) is -3.31. The smallest absolute Gasteiger partial charge is 0.338 e. The van der Waals surface area contributed by atoms with Crippen molar-refractivity contribution in [2.75, 3.05) is 12.9 Å². The van der Waals surface area contributed by atoms with Gasteiger partial charge in [-0.3, -0.25) is 0 Å². The van der Waals surface area contributed by atoms with Crippen LogP contribution in [0, 0.1) is 6.92 Å². The third-order valence-corrected chi connectivity index (χ3v) is 8.49. The van der Waals surface area contributed by atoms with Crippen molar-refractivity contribution in [1.29, 1.82) is 0 Å². The van der Waals surface area contributed by atoms with Gasteiger partial charge in [0, 0.05) is 0 Å². The monoisotopic (exact) mass is 420 g/mol. The molecule has 0 heterocycles. The van der Waals surface area contributed by atoms with Crippen molar-refractivity contribution < 1.29 is 17.9 Å². The first-order valence-corrected chi connectivity index (χ1v) is 12.3. The largest absolute Gasteiger partial charge is 0.462 e. The highest BCUT2D eigenvalue weighted by molar-refractivity contribution is 8.13. The van der Waals surface area contributed by atoms with E-state index in [0.717, 1.165) is 31.2 Å². The normalized spacial score (nSPS) is 12.5. The number of unbranched alkanes of at least 4 members (excludes halogenated alkanes) is 3. The predicted octanol–water partition coefficient (Wildman–Crippen LogP) is 5.27. The van der Waals surface area contributed by atoms with Gasteiger partial charge in [-0.25, -0.2) is 13.2 Å². The maximum Gasteiger partial charge on any atom is 0.338 e. The Kier molecular flexibility index (Phi) is 9.06. The van der Waals surface area contributed by atoms with Gasteiger partial charge < -0.3 is 4.74 Å². The maximum atomic E-state index is 12.8. The van der Waals surface area contributed by atoms with Crippen molar-refractivity contribution in [3.05, 3.63) is 65.7 Å². The van der Waals surface area contributed by atoms with Crippen LogP contribution in [-0.4, -0.2) is 31.8 Å². The number of rotatable bonds is 11. The van der Waals surface area contributed by atoms with Crippen LogP contribution in [0.15, 0.2) is 59.5 Å². The summed E-state index contributed by atoms with van der Waals surface area (Å²) in [6.07, 6.45) is 5.92. The van der Waals surface area contributed by atoms with Gasteiger partial charge in [0.15, 0.2) is 9.84 Å². The zero-order valence-corrected chi connectivity index (χ0v) is 18.1. The Morgan fingerprint density at radius 3 is 2.25 bits per heavy atom. The molecule has 0 aromatic heterocycles. The summed E-state index contributed by atoms with van der Waals surface area (Å²) in [5.41, 5.74) is 1.61. The summed E-state index contributed by atoms with van der Waals surface area (Å²) in [6.45, 7) is 2.33. The first-order chi connectivity index (χ1) is 13.4. The van der Waals surface area contributed by atoms with E-state index >= 15 is 0 Å². The molecule has 0 saturated carbocycles. The van der Waals surface area contributed by atoms with Gasteiger partial charge >= 0.3 is 5.97 Å². The topological polar surface area (TPSA) is 60.4 Å². The van der Waals surface area contributed by atoms with Crippen LogP contribution in [0.1, 0.15) is 48.0 Å². The van der Waals surface area contributed by atoms with Crippen molar-refractivity contribution in [2.45, 2.75) is 48.5 Å². The van der Waals surface area contributed by atoms with Gasteiger partial charge in [0.1, 0.15) is 4.58 Å². The molecule has 0 fully saturated rings. The van der Waals surface area contributed by atoms with Gasteiger partial charge in [-0.15, -0.1) is 11.8 Å². The van der Waals surface area contributed by atoms with Crippen LogP contribution in [0.4, 0.5) is 0 Å². The molecule has 0 spiro atoms. The lowest BCUT2D eigenvalue weighted by atomic mass is 10.1. The van der Waals surface area contributed by atoms with Gasteiger partial charge in [0.2, 0.25) is 0 Å². The summed E-state index contributed by atoms with van der Waals surface area (Å²) in [5, 5.41) is 0. The van der Waals surface area contributed by atoms with E-state index in [9.17, 15) is 13.2 Å². The number of benzene rings is 2. The van der Waals surface area contributed by atoms with E-state index in [1.165, 1.54) is 11.8 Å². The molecule has 1 atom stereocenters. The summed E-state index contributed by atoms with van der Waals surface area (Å²) in [4.78, 5) is 12.2. The molecule has 2 aromatic carbocycles. The molecular formula is C22H28O4S2. The summed E-state index contributed by atoms with van der Waals surface area (Å²) in [6, 6.07) is 16.0. The second-order valence-electron chi connectivity index (χ2n) is 6.73. The number of hydrogen-bond acceptors (Lipinski definition) is 5. The van der Waals surface area contributed by atoms with Crippen LogP contribution < -0.4 is 0 Å². The average molecular weight is 421 g/mol. The number of hydrogen-bond donors (Lipinski definition) is 0. The van der Waals surface area contributed by atoms with Crippen LogP contribution in [0.25, 0.3) is 0 Å². The van der Waals surface area contributed by atoms with Gasteiger partial charge in [-0.1, -0.05) is 55.2 Å². The van der Waals surface area contributed by atoms with E-state index in [-0.39, 0.29) is 5.97 Å². The minimum atomic E-state index is -3.31. The highest BCUT2D eigenvalue weighted by Gasteiger charge is 2.26. The summed E-state index contributed by atoms with van der Waals surface area (Å²) >= 11 is 1.39. The number of ether oxygens (including phenoxy) is 1. The third kappa shape index (κ3) is 6.67. The molecule has 0 radical (unpaired) electrons. The summed E-state index contributed by atoms with van der Waals surface area (Å²) < 4.78 is 30.4. The lowest BCUT2D eigenvalue weighted by molar-refractivity contribution is 0.0497.